The molecule has 1 aromatic carbocycles. The molecule has 1 saturated carbocycles. The molecule has 2 aliphatic rings. The van der Waals surface area contributed by atoms with E-state index in [9.17, 15) is 18.0 Å². The highest BCUT2D eigenvalue weighted by molar-refractivity contribution is 7.92. The summed E-state index contributed by atoms with van der Waals surface area (Å²) in [6.07, 6.45) is 4.99. The molecule has 1 heterocycles. The smallest absolute Gasteiger partial charge is 0.251 e. The van der Waals surface area contributed by atoms with Crippen molar-refractivity contribution < 1.29 is 18.0 Å². The Morgan fingerprint density at radius 2 is 1.70 bits per heavy atom. The van der Waals surface area contributed by atoms with Crippen molar-refractivity contribution in [2.24, 2.45) is 5.92 Å². The molecule has 0 radical (unpaired) electrons. The molecule has 1 aromatic rings. The van der Waals surface area contributed by atoms with Crippen LogP contribution >= 0.6 is 0 Å². The number of hydrogen-bond donors (Lipinski definition) is 1. The van der Waals surface area contributed by atoms with E-state index in [0.717, 1.165) is 32.1 Å². The van der Waals surface area contributed by atoms with Gasteiger partial charge in [0.15, 0.2) is 9.84 Å². The van der Waals surface area contributed by atoms with Crippen LogP contribution in [0.25, 0.3) is 0 Å². The lowest BCUT2D eigenvalue weighted by Crippen LogP contribution is -2.39. The van der Waals surface area contributed by atoms with Crippen molar-refractivity contribution in [2.75, 3.05) is 13.1 Å². The maximum atomic E-state index is 12.5. The molecule has 1 unspecified atom stereocenters. The van der Waals surface area contributed by atoms with Crippen LogP contribution in [0.4, 0.5) is 0 Å². The number of carbonyl (C=O) groups excluding carboxylic acids is 2. The van der Waals surface area contributed by atoms with Gasteiger partial charge in [0.1, 0.15) is 0 Å². The van der Waals surface area contributed by atoms with Crippen LogP contribution in [0.3, 0.4) is 0 Å². The Bertz CT molecular complexity index is 796. The maximum Gasteiger partial charge on any atom is 0.251 e. The summed E-state index contributed by atoms with van der Waals surface area (Å²) in [7, 11) is -3.34. The molecule has 1 aliphatic carbocycles. The van der Waals surface area contributed by atoms with Crippen molar-refractivity contribution in [3.8, 4) is 0 Å². The predicted molar refractivity (Wildman–Crippen MR) is 103 cm³/mol. The number of nitrogens with one attached hydrogen (secondary N) is 1. The van der Waals surface area contributed by atoms with Crippen molar-refractivity contribution in [3.05, 3.63) is 29.8 Å². The largest absolute Gasteiger partial charge is 0.347 e. The summed E-state index contributed by atoms with van der Waals surface area (Å²) in [4.78, 5) is 27.1. The zero-order valence-electron chi connectivity index (χ0n) is 16.0. The van der Waals surface area contributed by atoms with Crippen LogP contribution in [0.5, 0.6) is 0 Å². The molecule has 27 heavy (non-hydrogen) atoms. The predicted octanol–water partition coefficient (Wildman–Crippen LogP) is 2.39. The second kappa shape index (κ2) is 8.00. The zero-order chi connectivity index (χ0) is 19.6. The topological polar surface area (TPSA) is 83.6 Å². The molecule has 1 aliphatic heterocycles. The SMILES string of the molecule is CC(C)S(=O)(=O)c1ccc(C(=O)NC2CCN(C(=O)C3CCCC3)C2)cc1. The monoisotopic (exact) mass is 392 g/mol. The summed E-state index contributed by atoms with van der Waals surface area (Å²) in [6.45, 7) is 4.51. The highest BCUT2D eigenvalue weighted by Crippen LogP contribution is 2.28. The average molecular weight is 393 g/mol. The van der Waals surface area contributed by atoms with Crippen LogP contribution in [-0.4, -0.2) is 49.5 Å². The van der Waals surface area contributed by atoms with Gasteiger partial charge in [-0.25, -0.2) is 8.42 Å². The van der Waals surface area contributed by atoms with Gasteiger partial charge in [0.2, 0.25) is 5.91 Å². The summed E-state index contributed by atoms with van der Waals surface area (Å²) in [5.74, 6) is 0.158. The molecule has 0 bridgehead atoms. The number of carbonyl (C=O) groups is 2. The first kappa shape index (κ1) is 19.9. The number of sulfone groups is 1. The van der Waals surface area contributed by atoms with Gasteiger partial charge in [0, 0.05) is 30.6 Å². The summed E-state index contributed by atoms with van der Waals surface area (Å²) in [6, 6.07) is 5.99. The van der Waals surface area contributed by atoms with Crippen LogP contribution in [0, 0.1) is 5.92 Å². The summed E-state index contributed by atoms with van der Waals surface area (Å²) in [5, 5.41) is 2.47. The van der Waals surface area contributed by atoms with Gasteiger partial charge in [0.25, 0.3) is 5.91 Å². The van der Waals surface area contributed by atoms with E-state index in [0.29, 0.717) is 18.7 Å². The van der Waals surface area contributed by atoms with Gasteiger partial charge in [0.05, 0.1) is 10.1 Å². The Morgan fingerprint density at radius 1 is 1.07 bits per heavy atom. The summed E-state index contributed by atoms with van der Waals surface area (Å²) < 4.78 is 24.3. The minimum atomic E-state index is -3.34. The van der Waals surface area contributed by atoms with Crippen molar-refractivity contribution in [3.63, 3.8) is 0 Å². The van der Waals surface area contributed by atoms with Crippen molar-refractivity contribution >= 4 is 21.7 Å². The summed E-state index contributed by atoms with van der Waals surface area (Å²) in [5.41, 5.74) is 0.429. The second-order valence-corrected chi connectivity index (χ2v) is 10.3. The number of rotatable bonds is 5. The number of benzene rings is 1. The highest BCUT2D eigenvalue weighted by atomic mass is 32.2. The number of amides is 2. The number of nitrogens with zero attached hydrogens (tertiary/aromatic N) is 1. The third-order valence-corrected chi connectivity index (χ3v) is 7.78. The van der Waals surface area contributed by atoms with Crippen LogP contribution in [0.2, 0.25) is 0 Å². The molecular formula is C20H28N2O4S. The standard InChI is InChI=1S/C20H28N2O4S/c1-14(2)27(25,26)18-9-7-15(8-10-18)19(23)21-17-11-12-22(13-17)20(24)16-5-3-4-6-16/h7-10,14,16-17H,3-6,11-13H2,1-2H3,(H,21,23). The van der Waals surface area contributed by atoms with E-state index in [-0.39, 0.29) is 28.7 Å². The lowest BCUT2D eigenvalue weighted by molar-refractivity contribution is -0.134. The third kappa shape index (κ3) is 4.34. The second-order valence-electron chi connectivity index (χ2n) is 7.84. The average Bonchev–Trinajstić information content (AvgIpc) is 3.33. The molecule has 148 valence electrons. The molecule has 7 heteroatoms. The Kier molecular flexibility index (Phi) is 5.89. The molecule has 1 saturated heterocycles. The minimum absolute atomic E-state index is 0.0538. The first-order chi connectivity index (χ1) is 12.8. The van der Waals surface area contributed by atoms with Crippen LogP contribution in [0.1, 0.15) is 56.3 Å². The zero-order valence-corrected chi connectivity index (χ0v) is 16.8. The minimum Gasteiger partial charge on any atom is -0.347 e. The van der Waals surface area contributed by atoms with Crippen molar-refractivity contribution in [1.29, 1.82) is 0 Å². The lowest BCUT2D eigenvalue weighted by Gasteiger charge is -2.20. The van der Waals surface area contributed by atoms with E-state index < -0.39 is 15.1 Å². The van der Waals surface area contributed by atoms with Gasteiger partial charge in [-0.2, -0.15) is 0 Å². The Balaban J connectivity index is 1.57. The molecular weight excluding hydrogens is 364 g/mol. The normalized spacial score (nSPS) is 21.0. The first-order valence-electron chi connectivity index (χ1n) is 9.72. The maximum absolute atomic E-state index is 12.5. The van der Waals surface area contributed by atoms with Gasteiger partial charge >= 0.3 is 0 Å². The molecule has 6 nitrogen and oxygen atoms in total. The van der Waals surface area contributed by atoms with Crippen LogP contribution < -0.4 is 5.32 Å². The quantitative estimate of drug-likeness (QED) is 0.834. The van der Waals surface area contributed by atoms with E-state index >= 15 is 0 Å². The number of hydrogen-bond acceptors (Lipinski definition) is 4. The molecule has 1 atom stereocenters. The fraction of sp³-hybridized carbons (Fsp3) is 0.600. The van der Waals surface area contributed by atoms with E-state index in [1.165, 1.54) is 12.1 Å². The Hall–Kier alpha value is -1.89. The van der Waals surface area contributed by atoms with Gasteiger partial charge in [-0.15, -0.1) is 0 Å². The lowest BCUT2D eigenvalue weighted by atomic mass is 10.1. The summed E-state index contributed by atoms with van der Waals surface area (Å²) >= 11 is 0. The van der Waals surface area contributed by atoms with Crippen molar-refractivity contribution in [2.45, 2.75) is 62.1 Å². The molecule has 1 N–H and O–H groups in total. The molecule has 2 amide bonds. The van der Waals surface area contributed by atoms with Crippen LogP contribution in [-0.2, 0) is 14.6 Å². The highest BCUT2D eigenvalue weighted by Gasteiger charge is 2.32. The van der Waals surface area contributed by atoms with E-state index in [2.05, 4.69) is 5.32 Å². The fourth-order valence-electron chi connectivity index (χ4n) is 3.85. The van der Waals surface area contributed by atoms with Crippen molar-refractivity contribution in [1.82, 2.24) is 10.2 Å². The molecule has 0 aromatic heterocycles. The first-order valence-corrected chi connectivity index (χ1v) is 11.3. The number of likely N-dealkylation sites (tertiary alicyclic amines) is 1. The Labute approximate surface area is 161 Å². The molecule has 3 rings (SSSR count). The van der Waals surface area contributed by atoms with E-state index in [1.807, 2.05) is 4.90 Å². The Morgan fingerprint density at radius 3 is 2.30 bits per heavy atom. The van der Waals surface area contributed by atoms with Gasteiger partial charge in [-0.3, -0.25) is 9.59 Å². The third-order valence-electron chi connectivity index (χ3n) is 5.61. The van der Waals surface area contributed by atoms with Gasteiger partial charge in [-0.05, 0) is 57.4 Å². The fourth-order valence-corrected chi connectivity index (χ4v) is 4.91. The molecule has 2 fully saturated rings. The van der Waals surface area contributed by atoms with E-state index in [1.54, 1.807) is 26.0 Å². The molecule has 0 spiro atoms. The van der Waals surface area contributed by atoms with E-state index in [4.69, 9.17) is 0 Å². The van der Waals surface area contributed by atoms with Crippen LogP contribution in [0.15, 0.2) is 29.2 Å². The van der Waals surface area contributed by atoms with Gasteiger partial charge < -0.3 is 10.2 Å². The van der Waals surface area contributed by atoms with Gasteiger partial charge in [-0.1, -0.05) is 12.8 Å².